The number of nitrogens with two attached hydrogens (primary N) is 1. The maximum absolute atomic E-state index is 12.8. The molecular weight excluding hydrogens is 396 g/mol. The summed E-state index contributed by atoms with van der Waals surface area (Å²) in [7, 11) is -1.84. The second-order valence-corrected chi connectivity index (χ2v) is 9.95. The lowest BCUT2D eigenvalue weighted by molar-refractivity contribution is 0.199. The van der Waals surface area contributed by atoms with Crippen LogP contribution in [-0.2, 0) is 30.2 Å². The van der Waals surface area contributed by atoms with Crippen LogP contribution in [0.5, 0.6) is 0 Å². The Morgan fingerprint density at radius 3 is 2.93 bits per heavy atom. The first-order valence-corrected chi connectivity index (χ1v) is 11.4. The number of fused-ring (bicyclic) bond motifs is 2. The number of carbonyl (C=O) groups excluding carboxylic acids is 1. The number of pyridine rings is 1. The molecule has 4 N–H and O–H groups in total. The van der Waals surface area contributed by atoms with E-state index in [9.17, 15) is 14.1 Å². The van der Waals surface area contributed by atoms with Crippen molar-refractivity contribution in [3.8, 4) is 0 Å². The Morgan fingerprint density at radius 1 is 1.43 bits per heavy atom. The van der Waals surface area contributed by atoms with E-state index in [0.29, 0.717) is 15.7 Å². The van der Waals surface area contributed by atoms with Crippen LogP contribution in [0.4, 0.5) is 10.5 Å². The average molecular weight is 421 g/mol. The van der Waals surface area contributed by atoms with Crippen molar-refractivity contribution >= 4 is 34.0 Å². The molecule has 2 aliphatic carbocycles. The molecule has 150 valence electrons. The zero-order valence-corrected chi connectivity index (χ0v) is 17.5. The number of anilines is 1. The van der Waals surface area contributed by atoms with Crippen molar-refractivity contribution in [2.24, 2.45) is 5.84 Å². The van der Waals surface area contributed by atoms with Gasteiger partial charge in [0.05, 0.1) is 11.8 Å². The molecule has 0 aromatic carbocycles. The van der Waals surface area contributed by atoms with Gasteiger partial charge in [-0.2, -0.15) is 4.41 Å². The predicted molar refractivity (Wildman–Crippen MR) is 109 cm³/mol. The normalized spacial score (nSPS) is 19.8. The molecule has 0 radical (unpaired) electrons. The number of aliphatic hydroxyl groups is 1. The number of rotatable bonds is 4. The van der Waals surface area contributed by atoms with Crippen molar-refractivity contribution in [1.29, 1.82) is 0 Å². The fourth-order valence-corrected chi connectivity index (χ4v) is 5.99. The Kier molecular flexibility index (Phi) is 5.26. The first-order valence-electron chi connectivity index (χ1n) is 9.45. The van der Waals surface area contributed by atoms with Crippen LogP contribution in [-0.4, -0.2) is 24.7 Å². The van der Waals surface area contributed by atoms with Gasteiger partial charge in [0.25, 0.3) is 0 Å². The van der Waals surface area contributed by atoms with Crippen molar-refractivity contribution in [1.82, 2.24) is 9.40 Å². The third-order valence-corrected chi connectivity index (χ3v) is 7.95. The monoisotopic (exact) mass is 420 g/mol. The summed E-state index contributed by atoms with van der Waals surface area (Å²) < 4.78 is 13.8. The zero-order valence-electron chi connectivity index (χ0n) is 15.9. The molecule has 2 aliphatic rings. The summed E-state index contributed by atoms with van der Waals surface area (Å²) in [5, 5.41) is 14.3. The molecule has 2 aromatic heterocycles. The number of aliphatic hydroxyl groups excluding tert-OH is 1. The van der Waals surface area contributed by atoms with Gasteiger partial charge in [0.1, 0.15) is 4.21 Å². The molecule has 3 atom stereocenters. The van der Waals surface area contributed by atoms with Crippen molar-refractivity contribution in [2.45, 2.75) is 62.2 Å². The number of nitrogens with zero attached hydrogens (tertiary/aromatic N) is 2. The van der Waals surface area contributed by atoms with Crippen LogP contribution in [0.15, 0.2) is 15.7 Å². The van der Waals surface area contributed by atoms with Crippen molar-refractivity contribution < 1.29 is 14.1 Å². The molecular formula is C19H24N4O3S2. The number of nitrogens with one attached hydrogen (secondary N) is 1. The van der Waals surface area contributed by atoms with Gasteiger partial charge in [-0.15, -0.1) is 11.3 Å². The highest BCUT2D eigenvalue weighted by Gasteiger charge is 2.31. The molecule has 4 rings (SSSR count). The van der Waals surface area contributed by atoms with Crippen LogP contribution >= 0.6 is 11.3 Å². The Balaban J connectivity index is 1.58. The molecule has 0 fully saturated rings. The molecule has 2 heterocycles. The number of urea groups is 1. The number of aryl methyl sites for hydroxylation is 1. The van der Waals surface area contributed by atoms with E-state index in [4.69, 9.17) is 10.8 Å². The number of thiophene rings is 1. The number of aromatic nitrogens is 1. The molecule has 2 amide bonds. The Labute approximate surface area is 170 Å². The van der Waals surface area contributed by atoms with E-state index in [1.54, 1.807) is 18.4 Å². The van der Waals surface area contributed by atoms with E-state index >= 15 is 0 Å². The summed E-state index contributed by atoms with van der Waals surface area (Å²) in [6.07, 6.45) is 4.07. The number of amides is 2. The molecule has 2 aromatic rings. The van der Waals surface area contributed by atoms with Gasteiger partial charge in [-0.25, -0.2) is 14.8 Å². The Morgan fingerprint density at radius 2 is 2.21 bits per heavy atom. The van der Waals surface area contributed by atoms with Gasteiger partial charge in [-0.1, -0.05) is 6.92 Å². The average Bonchev–Trinajstić information content (AvgIpc) is 3.40. The lowest BCUT2D eigenvalue weighted by Crippen LogP contribution is -2.42. The first kappa shape index (κ1) is 19.5. The van der Waals surface area contributed by atoms with Crippen LogP contribution < -0.4 is 11.2 Å². The van der Waals surface area contributed by atoms with Crippen LogP contribution in [0.25, 0.3) is 0 Å². The zero-order chi connectivity index (χ0) is 20.0. The Hall–Kier alpha value is -1.81. The summed E-state index contributed by atoms with van der Waals surface area (Å²) in [5.74, 6) is 6.27. The third-order valence-electron chi connectivity index (χ3n) is 5.51. The molecule has 0 spiro atoms. The molecule has 0 bridgehead atoms. The summed E-state index contributed by atoms with van der Waals surface area (Å²) in [6.45, 7) is 3.79. The highest BCUT2D eigenvalue weighted by atomic mass is 32.2. The summed E-state index contributed by atoms with van der Waals surface area (Å²) >= 11 is 1.21. The molecule has 9 heteroatoms. The SMILES string of the molecule is CC(O)c1csc([S@](=O)N(N)C(=O)Nc2c3c(nc4c2CC[C@H]4C)CCC3)c1. The maximum Gasteiger partial charge on any atom is 0.348 e. The smallest absolute Gasteiger partial charge is 0.348 e. The van der Waals surface area contributed by atoms with E-state index in [2.05, 4.69) is 12.2 Å². The predicted octanol–water partition coefficient (Wildman–Crippen LogP) is 3.17. The standard InChI is InChI=1S/C19H24N4O3S2/c1-10-6-7-14-17(10)21-15-5-3-4-13(15)18(14)22-19(25)23(20)28(26)16-8-12(9-27-16)11(2)24/h8-11,24H,3-7,20H2,1-2H3,(H,21,22,25)/t10-,11?,28+/m1/s1. The molecule has 0 aliphatic heterocycles. The van der Waals surface area contributed by atoms with Crippen molar-refractivity contribution in [3.63, 3.8) is 0 Å². The van der Waals surface area contributed by atoms with Gasteiger partial charge in [-0.3, -0.25) is 4.98 Å². The van der Waals surface area contributed by atoms with Crippen LogP contribution in [0.2, 0.25) is 0 Å². The van der Waals surface area contributed by atoms with Gasteiger partial charge < -0.3 is 10.4 Å². The fraction of sp³-hybridized carbons (Fsp3) is 0.474. The number of hydrogen-bond donors (Lipinski definition) is 3. The van der Waals surface area contributed by atoms with Crippen LogP contribution in [0, 0.1) is 0 Å². The van der Waals surface area contributed by atoms with Gasteiger partial charge in [0.2, 0.25) is 0 Å². The minimum Gasteiger partial charge on any atom is -0.389 e. The first-order chi connectivity index (χ1) is 13.4. The quantitative estimate of drug-likeness (QED) is 0.400. The van der Waals surface area contributed by atoms with Gasteiger partial charge in [0.15, 0.2) is 11.0 Å². The lowest BCUT2D eigenvalue weighted by Gasteiger charge is -2.19. The summed E-state index contributed by atoms with van der Waals surface area (Å²) in [6, 6.07) is 1.01. The number of hydrazine groups is 1. The van der Waals surface area contributed by atoms with E-state index in [0.717, 1.165) is 64.7 Å². The van der Waals surface area contributed by atoms with Gasteiger partial charge >= 0.3 is 6.03 Å². The minimum absolute atomic E-state index is 0.379. The largest absolute Gasteiger partial charge is 0.389 e. The highest BCUT2D eigenvalue weighted by Crippen LogP contribution is 2.41. The second-order valence-electron chi connectivity index (χ2n) is 7.45. The van der Waals surface area contributed by atoms with Crippen LogP contribution in [0.1, 0.15) is 66.8 Å². The summed E-state index contributed by atoms with van der Waals surface area (Å²) in [5.41, 5.74) is 5.78. The third kappa shape index (κ3) is 3.36. The molecule has 1 unspecified atom stereocenters. The lowest BCUT2D eigenvalue weighted by atomic mass is 10.0. The highest BCUT2D eigenvalue weighted by molar-refractivity contribution is 7.85. The maximum atomic E-state index is 12.8. The van der Waals surface area contributed by atoms with E-state index in [-0.39, 0.29) is 0 Å². The molecule has 7 nitrogen and oxygen atoms in total. The van der Waals surface area contributed by atoms with Crippen molar-refractivity contribution in [2.75, 3.05) is 5.32 Å². The molecule has 0 saturated carbocycles. The minimum atomic E-state index is -1.84. The van der Waals surface area contributed by atoms with E-state index < -0.39 is 23.1 Å². The van der Waals surface area contributed by atoms with Crippen LogP contribution in [0.3, 0.4) is 0 Å². The number of carbonyl (C=O) groups is 1. The van der Waals surface area contributed by atoms with Gasteiger partial charge in [0, 0.05) is 11.4 Å². The summed E-state index contributed by atoms with van der Waals surface area (Å²) in [4.78, 5) is 17.6. The second kappa shape index (κ2) is 7.55. The van der Waals surface area contributed by atoms with E-state index in [1.807, 2.05) is 0 Å². The van der Waals surface area contributed by atoms with Gasteiger partial charge in [-0.05, 0) is 73.1 Å². The van der Waals surface area contributed by atoms with Crippen molar-refractivity contribution in [3.05, 3.63) is 39.5 Å². The fourth-order valence-electron chi connectivity index (χ4n) is 3.93. The number of hydrogen-bond acceptors (Lipinski definition) is 6. The topological polar surface area (TPSA) is 109 Å². The van der Waals surface area contributed by atoms with E-state index in [1.165, 1.54) is 11.3 Å². The Bertz CT molecular complexity index is 957. The molecule has 28 heavy (non-hydrogen) atoms. The molecule has 0 saturated heterocycles.